The van der Waals surface area contributed by atoms with Crippen LogP contribution in [0, 0.1) is 11.3 Å². The lowest BCUT2D eigenvalue weighted by Crippen LogP contribution is -2.35. The van der Waals surface area contributed by atoms with Crippen LogP contribution in [0.5, 0.6) is 11.5 Å². The standard InChI is InChI=1S/C27H34O5/c1-7-27(4,5)24(26(29)30-6)25(28)22-14-13-21(17-23(22)31-16-15-19(2)3)32-18-20-11-9-8-10-12-20/h7-15,17,24-25,28H,1,16,18H2,2-6H3/t24-,25-/m0/s1. The smallest absolute Gasteiger partial charge is 0.312 e. The molecule has 0 heterocycles. The molecule has 0 bridgehead atoms. The van der Waals surface area contributed by atoms with E-state index in [-0.39, 0.29) is 0 Å². The first-order valence-corrected chi connectivity index (χ1v) is 10.7. The fourth-order valence-corrected chi connectivity index (χ4v) is 3.29. The van der Waals surface area contributed by atoms with Gasteiger partial charge in [-0.1, -0.05) is 55.8 Å². The molecule has 0 amide bonds. The molecule has 0 saturated heterocycles. The third-order valence-corrected chi connectivity index (χ3v) is 5.38. The van der Waals surface area contributed by atoms with E-state index < -0.39 is 23.4 Å². The first kappa shape index (κ1) is 25.2. The molecule has 0 fully saturated rings. The minimum Gasteiger partial charge on any atom is -0.489 e. The van der Waals surface area contributed by atoms with Crippen molar-refractivity contribution >= 4 is 5.97 Å². The van der Waals surface area contributed by atoms with Gasteiger partial charge in [0.2, 0.25) is 0 Å². The highest BCUT2D eigenvalue weighted by atomic mass is 16.5. The summed E-state index contributed by atoms with van der Waals surface area (Å²) in [5.41, 5.74) is 1.95. The van der Waals surface area contributed by atoms with Crippen molar-refractivity contribution in [2.75, 3.05) is 13.7 Å². The number of rotatable bonds is 11. The predicted molar refractivity (Wildman–Crippen MR) is 127 cm³/mol. The van der Waals surface area contributed by atoms with Crippen molar-refractivity contribution in [3.8, 4) is 11.5 Å². The first-order chi connectivity index (χ1) is 15.2. The van der Waals surface area contributed by atoms with Crippen LogP contribution in [-0.2, 0) is 16.1 Å². The number of ether oxygens (including phenoxy) is 3. The molecule has 2 rings (SSSR count). The van der Waals surface area contributed by atoms with Gasteiger partial charge in [0.15, 0.2) is 0 Å². The van der Waals surface area contributed by atoms with Crippen molar-refractivity contribution in [1.82, 2.24) is 0 Å². The Hall–Kier alpha value is -3.05. The maximum Gasteiger partial charge on any atom is 0.312 e. The van der Waals surface area contributed by atoms with Gasteiger partial charge in [0.05, 0.1) is 19.1 Å². The summed E-state index contributed by atoms with van der Waals surface area (Å²) >= 11 is 0. The van der Waals surface area contributed by atoms with Crippen LogP contribution >= 0.6 is 0 Å². The van der Waals surface area contributed by atoms with E-state index in [1.54, 1.807) is 24.3 Å². The average Bonchev–Trinajstić information content (AvgIpc) is 2.78. The number of esters is 1. The van der Waals surface area contributed by atoms with Crippen molar-refractivity contribution in [2.45, 2.75) is 40.4 Å². The van der Waals surface area contributed by atoms with E-state index in [9.17, 15) is 9.90 Å². The second kappa shape index (κ2) is 11.5. The molecule has 172 valence electrons. The summed E-state index contributed by atoms with van der Waals surface area (Å²) < 4.78 is 16.9. The Morgan fingerprint density at radius 1 is 1.12 bits per heavy atom. The topological polar surface area (TPSA) is 65.0 Å². The Bertz CT molecular complexity index is 926. The van der Waals surface area contributed by atoms with E-state index in [0.717, 1.165) is 11.1 Å². The monoisotopic (exact) mass is 438 g/mol. The summed E-state index contributed by atoms with van der Waals surface area (Å²) in [6.45, 7) is 12.2. The zero-order valence-corrected chi connectivity index (χ0v) is 19.6. The molecule has 0 radical (unpaired) electrons. The molecule has 2 aromatic rings. The first-order valence-electron chi connectivity index (χ1n) is 10.7. The van der Waals surface area contributed by atoms with E-state index in [1.807, 2.05) is 64.1 Å². The van der Waals surface area contributed by atoms with Gasteiger partial charge >= 0.3 is 5.97 Å². The molecule has 5 heteroatoms. The normalized spacial score (nSPS) is 12.9. The van der Waals surface area contributed by atoms with Crippen LogP contribution in [0.4, 0.5) is 0 Å². The van der Waals surface area contributed by atoms with E-state index in [1.165, 1.54) is 7.11 Å². The molecule has 0 spiro atoms. The Labute approximate surface area is 191 Å². The number of carbonyl (C=O) groups is 1. The van der Waals surface area contributed by atoms with Crippen molar-refractivity contribution < 1.29 is 24.1 Å². The van der Waals surface area contributed by atoms with Gasteiger partial charge in [-0.3, -0.25) is 4.79 Å². The largest absolute Gasteiger partial charge is 0.489 e. The number of benzene rings is 2. The van der Waals surface area contributed by atoms with Gasteiger partial charge in [0.1, 0.15) is 24.7 Å². The van der Waals surface area contributed by atoms with Gasteiger partial charge < -0.3 is 19.3 Å². The summed E-state index contributed by atoms with van der Waals surface area (Å²) in [6, 6.07) is 15.1. The lowest BCUT2D eigenvalue weighted by Gasteiger charge is -2.33. The molecular formula is C27H34O5. The lowest BCUT2D eigenvalue weighted by molar-refractivity contribution is -0.154. The minimum atomic E-state index is -1.15. The quantitative estimate of drug-likeness (QED) is 0.363. The number of aliphatic hydroxyl groups is 1. The van der Waals surface area contributed by atoms with Gasteiger partial charge in [-0.2, -0.15) is 0 Å². The molecular weight excluding hydrogens is 404 g/mol. The fourth-order valence-electron chi connectivity index (χ4n) is 3.29. The summed E-state index contributed by atoms with van der Waals surface area (Å²) in [6.07, 6.45) is 2.44. The second-order valence-corrected chi connectivity index (χ2v) is 8.54. The van der Waals surface area contributed by atoms with Crippen LogP contribution in [0.1, 0.15) is 44.9 Å². The van der Waals surface area contributed by atoms with Crippen LogP contribution in [-0.4, -0.2) is 24.8 Å². The summed E-state index contributed by atoms with van der Waals surface area (Å²) in [5, 5.41) is 11.3. The van der Waals surface area contributed by atoms with Crippen LogP contribution in [0.15, 0.2) is 72.8 Å². The molecule has 5 nitrogen and oxygen atoms in total. The zero-order valence-electron chi connectivity index (χ0n) is 19.6. The van der Waals surface area contributed by atoms with E-state index in [4.69, 9.17) is 14.2 Å². The highest BCUT2D eigenvalue weighted by Crippen LogP contribution is 2.42. The van der Waals surface area contributed by atoms with Crippen molar-refractivity contribution in [3.63, 3.8) is 0 Å². The second-order valence-electron chi connectivity index (χ2n) is 8.54. The number of hydrogen-bond acceptors (Lipinski definition) is 5. The number of aliphatic hydroxyl groups excluding tert-OH is 1. The average molecular weight is 439 g/mol. The summed E-state index contributed by atoms with van der Waals surface area (Å²) in [5.74, 6) is -0.308. The Morgan fingerprint density at radius 2 is 1.81 bits per heavy atom. The highest BCUT2D eigenvalue weighted by molar-refractivity contribution is 5.75. The van der Waals surface area contributed by atoms with E-state index in [0.29, 0.717) is 30.3 Å². The number of hydrogen-bond donors (Lipinski definition) is 1. The van der Waals surface area contributed by atoms with Crippen molar-refractivity contribution in [1.29, 1.82) is 0 Å². The van der Waals surface area contributed by atoms with Gasteiger partial charge in [0.25, 0.3) is 0 Å². The molecule has 32 heavy (non-hydrogen) atoms. The predicted octanol–water partition coefficient (Wildman–Crippen LogP) is 5.65. The molecule has 2 aromatic carbocycles. The molecule has 2 atom stereocenters. The molecule has 0 aliphatic rings. The van der Waals surface area contributed by atoms with Gasteiger partial charge in [-0.05, 0) is 43.0 Å². The third-order valence-electron chi connectivity index (χ3n) is 5.38. The molecule has 0 aliphatic carbocycles. The van der Waals surface area contributed by atoms with Gasteiger partial charge in [0, 0.05) is 11.6 Å². The third kappa shape index (κ3) is 6.72. The van der Waals surface area contributed by atoms with Crippen LogP contribution in [0.2, 0.25) is 0 Å². The van der Waals surface area contributed by atoms with Crippen LogP contribution in [0.3, 0.4) is 0 Å². The Balaban J connectivity index is 2.38. The lowest BCUT2D eigenvalue weighted by atomic mass is 9.74. The maximum absolute atomic E-state index is 12.6. The van der Waals surface area contributed by atoms with Crippen molar-refractivity contribution in [3.05, 3.63) is 84.0 Å². The van der Waals surface area contributed by atoms with E-state index in [2.05, 4.69) is 6.58 Å². The number of carbonyl (C=O) groups excluding carboxylic acids is 1. The van der Waals surface area contributed by atoms with Gasteiger partial charge in [-0.15, -0.1) is 6.58 Å². The Kier molecular flexibility index (Phi) is 9.09. The molecule has 0 aromatic heterocycles. The van der Waals surface area contributed by atoms with Crippen LogP contribution < -0.4 is 9.47 Å². The number of allylic oxidation sites excluding steroid dienone is 2. The zero-order chi connectivity index (χ0) is 23.7. The molecule has 0 aliphatic heterocycles. The van der Waals surface area contributed by atoms with Gasteiger partial charge in [-0.25, -0.2) is 0 Å². The summed E-state index contributed by atoms with van der Waals surface area (Å²) in [7, 11) is 1.31. The highest BCUT2D eigenvalue weighted by Gasteiger charge is 2.41. The van der Waals surface area contributed by atoms with Crippen LogP contribution in [0.25, 0.3) is 0 Å². The molecule has 1 N–H and O–H groups in total. The van der Waals surface area contributed by atoms with Crippen molar-refractivity contribution in [2.24, 2.45) is 11.3 Å². The fraction of sp³-hybridized carbons (Fsp3) is 0.370. The number of methoxy groups -OCH3 is 1. The minimum absolute atomic E-state index is 0.331. The van der Waals surface area contributed by atoms with E-state index >= 15 is 0 Å². The molecule has 0 saturated carbocycles. The summed E-state index contributed by atoms with van der Waals surface area (Å²) in [4.78, 5) is 12.6. The molecule has 0 unspecified atom stereocenters. The SMILES string of the molecule is C=CC(C)(C)[C@H](C(=O)OC)[C@@H](O)c1ccc(OCc2ccccc2)cc1OCC=C(C)C. The Morgan fingerprint density at radius 3 is 2.41 bits per heavy atom. The maximum atomic E-state index is 12.6.